The van der Waals surface area contributed by atoms with Gasteiger partial charge in [-0.15, -0.1) is 34.2 Å². The summed E-state index contributed by atoms with van der Waals surface area (Å²) in [6.45, 7) is 2.57. The lowest BCUT2D eigenvalue weighted by molar-refractivity contribution is 0.371. The molecule has 0 radical (unpaired) electrons. The van der Waals surface area contributed by atoms with Crippen LogP contribution in [0.25, 0.3) is 0 Å². The minimum atomic E-state index is 0. The number of nitrogens with zero attached hydrogens (tertiary/aromatic N) is 4. The van der Waals surface area contributed by atoms with Crippen LogP contribution in [-0.2, 0) is 13.6 Å². The Hall–Kier alpha value is -1.64. The summed E-state index contributed by atoms with van der Waals surface area (Å²) in [5, 5.41) is 15.2. The Kier molecular flexibility index (Phi) is 7.86. The molecule has 1 aromatic heterocycles. The van der Waals surface area contributed by atoms with Crippen molar-refractivity contribution in [3.05, 3.63) is 47.5 Å². The molecular formula is C19H29IN6. The average molecular weight is 468 g/mol. The number of benzene rings is 1. The monoisotopic (exact) mass is 468 g/mol. The van der Waals surface area contributed by atoms with E-state index in [1.807, 2.05) is 25.6 Å². The molecule has 1 saturated carbocycles. The highest BCUT2D eigenvalue weighted by molar-refractivity contribution is 14.0. The third-order valence-electron chi connectivity index (χ3n) is 5.16. The van der Waals surface area contributed by atoms with Crippen LogP contribution >= 0.6 is 24.0 Å². The van der Waals surface area contributed by atoms with Gasteiger partial charge in [-0.3, -0.25) is 4.99 Å². The van der Waals surface area contributed by atoms with Crippen LogP contribution in [0.15, 0.2) is 35.3 Å². The van der Waals surface area contributed by atoms with Gasteiger partial charge >= 0.3 is 0 Å². The van der Waals surface area contributed by atoms with Crippen molar-refractivity contribution >= 4 is 29.9 Å². The van der Waals surface area contributed by atoms with Crippen LogP contribution in [0.5, 0.6) is 0 Å². The van der Waals surface area contributed by atoms with Crippen LogP contribution in [0.3, 0.4) is 0 Å². The lowest BCUT2D eigenvalue weighted by Gasteiger charge is -2.30. The predicted octanol–water partition coefficient (Wildman–Crippen LogP) is 3.13. The molecule has 0 aliphatic heterocycles. The number of nitrogens with one attached hydrogen (secondary N) is 2. The second kappa shape index (κ2) is 9.89. The smallest absolute Gasteiger partial charge is 0.191 e. The van der Waals surface area contributed by atoms with E-state index in [0.717, 1.165) is 17.6 Å². The first-order valence-corrected chi connectivity index (χ1v) is 9.04. The summed E-state index contributed by atoms with van der Waals surface area (Å²) in [4.78, 5) is 4.35. The van der Waals surface area contributed by atoms with E-state index in [1.54, 1.807) is 0 Å². The van der Waals surface area contributed by atoms with E-state index in [4.69, 9.17) is 0 Å². The highest BCUT2D eigenvalue weighted by atomic mass is 127. The van der Waals surface area contributed by atoms with E-state index in [2.05, 4.69) is 56.2 Å². The van der Waals surface area contributed by atoms with Gasteiger partial charge in [0.2, 0.25) is 0 Å². The number of halogens is 1. The molecule has 142 valence electrons. The predicted molar refractivity (Wildman–Crippen MR) is 116 cm³/mol. The maximum atomic E-state index is 4.35. The number of aliphatic imine (C=N–C) groups is 1. The lowest BCUT2D eigenvalue weighted by Crippen LogP contribution is -2.44. The Bertz CT molecular complexity index is 704. The topological polar surface area (TPSA) is 67.1 Å². The van der Waals surface area contributed by atoms with Gasteiger partial charge in [0.25, 0.3) is 0 Å². The number of hydrogen-bond acceptors (Lipinski definition) is 3. The summed E-state index contributed by atoms with van der Waals surface area (Å²) in [7, 11) is 3.79. The minimum Gasteiger partial charge on any atom is -0.354 e. The second-order valence-electron chi connectivity index (χ2n) is 6.75. The summed E-state index contributed by atoms with van der Waals surface area (Å²) >= 11 is 0. The summed E-state index contributed by atoms with van der Waals surface area (Å²) in [6.07, 6.45) is 4.79. The minimum absolute atomic E-state index is 0. The van der Waals surface area contributed by atoms with Crippen molar-refractivity contribution in [2.75, 3.05) is 7.05 Å². The molecule has 3 rings (SSSR count). The zero-order chi connectivity index (χ0) is 17.6. The molecule has 0 atom stereocenters. The van der Waals surface area contributed by atoms with Gasteiger partial charge in [0, 0.05) is 20.1 Å². The van der Waals surface area contributed by atoms with Gasteiger partial charge in [-0.25, -0.2) is 0 Å². The fourth-order valence-corrected chi connectivity index (χ4v) is 3.45. The van der Waals surface area contributed by atoms with Crippen molar-refractivity contribution in [3.63, 3.8) is 0 Å². The van der Waals surface area contributed by atoms with E-state index in [1.165, 1.54) is 31.2 Å². The Morgan fingerprint density at radius 2 is 1.85 bits per heavy atom. The lowest BCUT2D eigenvalue weighted by atomic mass is 9.82. The Morgan fingerprint density at radius 3 is 2.42 bits per heavy atom. The number of hydrogen-bond donors (Lipinski definition) is 2. The molecule has 1 fully saturated rings. The number of guanidine groups is 1. The molecule has 1 aliphatic rings. The number of rotatable bonds is 4. The molecule has 0 spiro atoms. The Labute approximate surface area is 172 Å². The maximum Gasteiger partial charge on any atom is 0.191 e. The van der Waals surface area contributed by atoms with Crippen LogP contribution in [-0.4, -0.2) is 33.8 Å². The standard InChI is InChI=1S/C19H28N6.HI/c1-14-23-24-18(25(14)3)13-21-19(20-2)22-17-11-9-16(10-12-17)15-7-5-4-6-8-15;/h4-8,16-17H,9-13H2,1-3H3,(H2,20,21,22);1H. The van der Waals surface area contributed by atoms with Gasteiger partial charge in [0.05, 0.1) is 6.54 Å². The molecule has 0 unspecified atom stereocenters. The number of aryl methyl sites for hydroxylation is 1. The van der Waals surface area contributed by atoms with E-state index in [9.17, 15) is 0 Å². The normalized spacial score (nSPS) is 20.3. The van der Waals surface area contributed by atoms with E-state index < -0.39 is 0 Å². The quantitative estimate of drug-likeness (QED) is 0.411. The average Bonchev–Trinajstić information content (AvgIpc) is 2.98. The highest BCUT2D eigenvalue weighted by Crippen LogP contribution is 2.32. The fraction of sp³-hybridized carbons (Fsp3) is 0.526. The maximum absolute atomic E-state index is 4.35. The molecule has 2 aromatic rings. The molecule has 1 aliphatic carbocycles. The molecule has 0 bridgehead atoms. The van der Waals surface area contributed by atoms with Crippen molar-refractivity contribution in [1.82, 2.24) is 25.4 Å². The Morgan fingerprint density at radius 1 is 1.15 bits per heavy atom. The third kappa shape index (κ3) is 5.18. The van der Waals surface area contributed by atoms with E-state index >= 15 is 0 Å². The molecule has 6 nitrogen and oxygen atoms in total. The van der Waals surface area contributed by atoms with Crippen molar-refractivity contribution in [2.45, 2.75) is 51.1 Å². The van der Waals surface area contributed by atoms with Crippen LogP contribution in [0.2, 0.25) is 0 Å². The first-order chi connectivity index (χ1) is 12.2. The molecular weight excluding hydrogens is 439 g/mol. The van der Waals surface area contributed by atoms with Gasteiger partial charge in [-0.05, 0) is 44.1 Å². The SMILES string of the molecule is CN=C(NCc1nnc(C)n1C)NC1CCC(c2ccccc2)CC1.I. The second-order valence-corrected chi connectivity index (χ2v) is 6.75. The van der Waals surface area contributed by atoms with Crippen molar-refractivity contribution in [2.24, 2.45) is 12.0 Å². The highest BCUT2D eigenvalue weighted by Gasteiger charge is 2.22. The van der Waals surface area contributed by atoms with Gasteiger partial charge in [-0.1, -0.05) is 30.3 Å². The third-order valence-corrected chi connectivity index (χ3v) is 5.16. The summed E-state index contributed by atoms with van der Waals surface area (Å²) in [5.74, 6) is 3.35. The van der Waals surface area contributed by atoms with Crippen molar-refractivity contribution in [1.29, 1.82) is 0 Å². The molecule has 1 aromatic carbocycles. The molecule has 2 N–H and O–H groups in total. The van der Waals surface area contributed by atoms with Gasteiger partial charge < -0.3 is 15.2 Å². The van der Waals surface area contributed by atoms with Gasteiger partial charge in [0.1, 0.15) is 5.82 Å². The van der Waals surface area contributed by atoms with Gasteiger partial charge in [0.15, 0.2) is 11.8 Å². The van der Waals surface area contributed by atoms with Crippen molar-refractivity contribution in [3.8, 4) is 0 Å². The largest absolute Gasteiger partial charge is 0.354 e. The molecule has 7 heteroatoms. The molecule has 0 saturated heterocycles. The molecule has 26 heavy (non-hydrogen) atoms. The van der Waals surface area contributed by atoms with Crippen LogP contribution < -0.4 is 10.6 Å². The first kappa shape index (κ1) is 20.7. The summed E-state index contributed by atoms with van der Waals surface area (Å²) in [6, 6.07) is 11.3. The number of aromatic nitrogens is 3. The van der Waals surface area contributed by atoms with Crippen LogP contribution in [0.4, 0.5) is 0 Å². The van der Waals surface area contributed by atoms with Gasteiger partial charge in [-0.2, -0.15) is 0 Å². The fourth-order valence-electron chi connectivity index (χ4n) is 3.45. The van der Waals surface area contributed by atoms with E-state index in [0.29, 0.717) is 18.5 Å². The van der Waals surface area contributed by atoms with Crippen LogP contribution in [0.1, 0.15) is 48.8 Å². The van der Waals surface area contributed by atoms with E-state index in [-0.39, 0.29) is 24.0 Å². The summed E-state index contributed by atoms with van der Waals surface area (Å²) < 4.78 is 1.99. The first-order valence-electron chi connectivity index (χ1n) is 9.04. The zero-order valence-electron chi connectivity index (χ0n) is 15.8. The van der Waals surface area contributed by atoms with Crippen LogP contribution in [0, 0.1) is 6.92 Å². The summed E-state index contributed by atoms with van der Waals surface area (Å²) in [5.41, 5.74) is 1.47. The zero-order valence-corrected chi connectivity index (χ0v) is 18.1. The molecule has 1 heterocycles. The Balaban J connectivity index is 0.00000243. The molecule has 0 amide bonds. The van der Waals surface area contributed by atoms with Crippen molar-refractivity contribution < 1.29 is 0 Å².